The molecular weight excluding hydrogens is 218 g/mol. The van der Waals surface area contributed by atoms with Gasteiger partial charge in [-0.25, -0.2) is 0 Å². The molecule has 17 heavy (non-hydrogen) atoms. The molecule has 1 rings (SSSR count). The Kier molecular flexibility index (Phi) is 5.93. The minimum absolute atomic E-state index is 0.191. The molecule has 0 atom stereocenters. The van der Waals surface area contributed by atoms with Crippen molar-refractivity contribution in [3.8, 4) is 5.75 Å². The van der Waals surface area contributed by atoms with Crippen molar-refractivity contribution in [2.45, 2.75) is 19.8 Å². The zero-order chi connectivity index (χ0) is 12.5. The standard InChI is InChI=1S/C13H19NO3/c1-3-4-9-17-13(15)10-14-11-5-7-12(16-2)8-6-11/h5-8,14H,3-4,9-10H2,1-2H3. The van der Waals surface area contributed by atoms with Crippen molar-refractivity contribution in [2.24, 2.45) is 0 Å². The molecule has 1 aromatic rings. The third-order valence-corrected chi connectivity index (χ3v) is 2.29. The summed E-state index contributed by atoms with van der Waals surface area (Å²) < 4.78 is 10.1. The third kappa shape index (κ3) is 5.24. The average Bonchev–Trinajstić information content (AvgIpc) is 2.37. The summed E-state index contributed by atoms with van der Waals surface area (Å²) in [5.74, 6) is 0.565. The minimum atomic E-state index is -0.228. The van der Waals surface area contributed by atoms with E-state index in [0.29, 0.717) is 6.61 Å². The Morgan fingerprint density at radius 3 is 2.59 bits per heavy atom. The molecule has 0 radical (unpaired) electrons. The zero-order valence-corrected chi connectivity index (χ0v) is 10.4. The fourth-order valence-electron chi connectivity index (χ4n) is 1.26. The number of anilines is 1. The Bertz CT molecular complexity index is 335. The van der Waals surface area contributed by atoms with Crippen molar-refractivity contribution in [1.82, 2.24) is 0 Å². The minimum Gasteiger partial charge on any atom is -0.497 e. The molecule has 0 amide bonds. The molecular formula is C13H19NO3. The molecule has 0 spiro atoms. The lowest BCUT2D eigenvalue weighted by Gasteiger charge is -2.07. The molecule has 0 saturated carbocycles. The monoisotopic (exact) mass is 237 g/mol. The first-order valence-electron chi connectivity index (χ1n) is 5.79. The van der Waals surface area contributed by atoms with Gasteiger partial charge < -0.3 is 14.8 Å². The van der Waals surface area contributed by atoms with E-state index in [2.05, 4.69) is 12.2 Å². The number of carbonyl (C=O) groups excluding carboxylic acids is 1. The maximum absolute atomic E-state index is 11.3. The number of nitrogens with one attached hydrogen (secondary N) is 1. The highest BCUT2D eigenvalue weighted by Gasteiger charge is 2.02. The van der Waals surface area contributed by atoms with Crippen LogP contribution in [0.25, 0.3) is 0 Å². The van der Waals surface area contributed by atoms with E-state index in [0.717, 1.165) is 24.3 Å². The van der Waals surface area contributed by atoms with Gasteiger partial charge in [-0.05, 0) is 30.7 Å². The largest absolute Gasteiger partial charge is 0.497 e. The molecule has 0 aliphatic heterocycles. The van der Waals surface area contributed by atoms with Gasteiger partial charge in [-0.2, -0.15) is 0 Å². The average molecular weight is 237 g/mol. The van der Waals surface area contributed by atoms with E-state index in [1.807, 2.05) is 24.3 Å². The Morgan fingerprint density at radius 2 is 2.00 bits per heavy atom. The fourth-order valence-corrected chi connectivity index (χ4v) is 1.26. The van der Waals surface area contributed by atoms with Gasteiger partial charge >= 0.3 is 5.97 Å². The van der Waals surface area contributed by atoms with Gasteiger partial charge in [0.2, 0.25) is 0 Å². The smallest absolute Gasteiger partial charge is 0.325 e. The lowest BCUT2D eigenvalue weighted by molar-refractivity contribution is -0.141. The predicted molar refractivity (Wildman–Crippen MR) is 67.4 cm³/mol. The maximum Gasteiger partial charge on any atom is 0.325 e. The summed E-state index contributed by atoms with van der Waals surface area (Å²) in [5.41, 5.74) is 0.873. The fraction of sp³-hybridized carbons (Fsp3) is 0.462. The van der Waals surface area contributed by atoms with Gasteiger partial charge in [-0.15, -0.1) is 0 Å². The Balaban J connectivity index is 2.27. The number of unbranched alkanes of at least 4 members (excludes halogenated alkanes) is 1. The topological polar surface area (TPSA) is 47.6 Å². The molecule has 0 heterocycles. The summed E-state index contributed by atoms with van der Waals surface area (Å²) in [6, 6.07) is 7.39. The molecule has 1 aromatic carbocycles. The van der Waals surface area contributed by atoms with Crippen molar-refractivity contribution in [3.63, 3.8) is 0 Å². The van der Waals surface area contributed by atoms with E-state index < -0.39 is 0 Å². The summed E-state index contributed by atoms with van der Waals surface area (Å²) in [5, 5.41) is 2.99. The number of hydrogen-bond acceptors (Lipinski definition) is 4. The second-order valence-corrected chi connectivity index (χ2v) is 3.66. The van der Waals surface area contributed by atoms with Gasteiger partial charge in [-0.3, -0.25) is 4.79 Å². The van der Waals surface area contributed by atoms with Gasteiger partial charge in [0.05, 0.1) is 13.7 Å². The van der Waals surface area contributed by atoms with Crippen molar-refractivity contribution in [2.75, 3.05) is 25.6 Å². The van der Waals surface area contributed by atoms with Crippen LogP contribution < -0.4 is 10.1 Å². The summed E-state index contributed by atoms with van der Waals surface area (Å²) in [6.45, 7) is 2.75. The van der Waals surface area contributed by atoms with Crippen LogP contribution in [0.1, 0.15) is 19.8 Å². The van der Waals surface area contributed by atoms with E-state index in [4.69, 9.17) is 9.47 Å². The molecule has 0 saturated heterocycles. The summed E-state index contributed by atoms with van der Waals surface area (Å²) in [7, 11) is 1.62. The summed E-state index contributed by atoms with van der Waals surface area (Å²) in [6.07, 6.45) is 1.94. The molecule has 94 valence electrons. The number of ether oxygens (including phenoxy) is 2. The van der Waals surface area contributed by atoms with E-state index in [1.54, 1.807) is 7.11 Å². The molecule has 0 aliphatic rings. The predicted octanol–water partition coefficient (Wildman–Crippen LogP) is 2.45. The van der Waals surface area contributed by atoms with Crippen LogP contribution >= 0.6 is 0 Å². The van der Waals surface area contributed by atoms with Crippen LogP contribution in [-0.4, -0.2) is 26.2 Å². The first-order valence-corrected chi connectivity index (χ1v) is 5.79. The van der Waals surface area contributed by atoms with Gasteiger partial charge in [0, 0.05) is 5.69 Å². The van der Waals surface area contributed by atoms with Gasteiger partial charge in [0.15, 0.2) is 0 Å². The van der Waals surface area contributed by atoms with Gasteiger partial charge in [0.25, 0.3) is 0 Å². The first kappa shape index (κ1) is 13.4. The molecule has 0 fully saturated rings. The van der Waals surface area contributed by atoms with E-state index in [9.17, 15) is 4.79 Å². The second kappa shape index (κ2) is 7.54. The molecule has 4 heteroatoms. The number of rotatable bonds is 7. The van der Waals surface area contributed by atoms with Crippen LogP contribution in [0.5, 0.6) is 5.75 Å². The maximum atomic E-state index is 11.3. The van der Waals surface area contributed by atoms with Crippen LogP contribution in [-0.2, 0) is 9.53 Å². The number of methoxy groups -OCH3 is 1. The number of hydrogen-bond donors (Lipinski definition) is 1. The summed E-state index contributed by atoms with van der Waals surface area (Å²) >= 11 is 0. The number of benzene rings is 1. The van der Waals surface area contributed by atoms with Crippen molar-refractivity contribution < 1.29 is 14.3 Å². The Morgan fingerprint density at radius 1 is 1.29 bits per heavy atom. The van der Waals surface area contributed by atoms with E-state index in [-0.39, 0.29) is 12.5 Å². The molecule has 0 aromatic heterocycles. The van der Waals surface area contributed by atoms with Crippen molar-refractivity contribution in [1.29, 1.82) is 0 Å². The van der Waals surface area contributed by atoms with Crippen molar-refractivity contribution >= 4 is 11.7 Å². The van der Waals surface area contributed by atoms with E-state index >= 15 is 0 Å². The molecule has 0 bridgehead atoms. The number of esters is 1. The van der Waals surface area contributed by atoms with Crippen LogP contribution in [0.3, 0.4) is 0 Å². The van der Waals surface area contributed by atoms with Crippen LogP contribution in [0.4, 0.5) is 5.69 Å². The van der Waals surface area contributed by atoms with Crippen LogP contribution in [0.15, 0.2) is 24.3 Å². The van der Waals surface area contributed by atoms with Gasteiger partial charge in [-0.1, -0.05) is 13.3 Å². The van der Waals surface area contributed by atoms with E-state index in [1.165, 1.54) is 0 Å². The van der Waals surface area contributed by atoms with Gasteiger partial charge in [0.1, 0.15) is 12.3 Å². The highest BCUT2D eigenvalue weighted by molar-refractivity contribution is 5.75. The number of carbonyl (C=O) groups is 1. The first-order chi connectivity index (χ1) is 8.26. The van der Waals surface area contributed by atoms with Crippen LogP contribution in [0.2, 0.25) is 0 Å². The third-order valence-electron chi connectivity index (χ3n) is 2.29. The Hall–Kier alpha value is -1.71. The van der Waals surface area contributed by atoms with Crippen LogP contribution in [0, 0.1) is 0 Å². The molecule has 0 unspecified atom stereocenters. The molecule has 0 aliphatic carbocycles. The second-order valence-electron chi connectivity index (χ2n) is 3.66. The molecule has 4 nitrogen and oxygen atoms in total. The summed E-state index contributed by atoms with van der Waals surface area (Å²) in [4.78, 5) is 11.3. The zero-order valence-electron chi connectivity index (χ0n) is 10.4. The normalized spacial score (nSPS) is 9.76. The quantitative estimate of drug-likeness (QED) is 0.584. The lowest BCUT2D eigenvalue weighted by Crippen LogP contribution is -2.17. The SMILES string of the molecule is CCCCOC(=O)CNc1ccc(OC)cc1. The highest BCUT2D eigenvalue weighted by atomic mass is 16.5. The highest BCUT2D eigenvalue weighted by Crippen LogP contribution is 2.14. The van der Waals surface area contributed by atoms with Crippen molar-refractivity contribution in [3.05, 3.63) is 24.3 Å². The molecule has 1 N–H and O–H groups in total. The lowest BCUT2D eigenvalue weighted by atomic mass is 10.3. The Labute approximate surface area is 102 Å².